The Morgan fingerprint density at radius 2 is 2.07 bits per heavy atom. The quantitative estimate of drug-likeness (QED) is 0.646. The van der Waals surface area contributed by atoms with Crippen molar-refractivity contribution in [3.63, 3.8) is 0 Å². The van der Waals surface area contributed by atoms with Crippen molar-refractivity contribution in [1.29, 1.82) is 0 Å². The van der Waals surface area contributed by atoms with E-state index in [0.717, 1.165) is 25.8 Å². The van der Waals surface area contributed by atoms with Gasteiger partial charge in [-0.25, -0.2) is 0 Å². The normalized spacial score (nSPS) is 22.1. The molecule has 1 aliphatic rings. The van der Waals surface area contributed by atoms with Gasteiger partial charge in [-0.05, 0) is 32.6 Å². The predicted molar refractivity (Wildman–Crippen MR) is 54.9 cm³/mol. The maximum Gasteiger partial charge on any atom is 0.230 e. The fraction of sp³-hybridized carbons (Fsp3) is 0.818. The van der Waals surface area contributed by atoms with Crippen LogP contribution in [-0.4, -0.2) is 29.2 Å². The number of carbonyl (C=O) groups excluding carboxylic acids is 2. The minimum Gasteiger partial charge on any atom is -0.339 e. The van der Waals surface area contributed by atoms with Gasteiger partial charge in [-0.3, -0.25) is 9.59 Å². The lowest BCUT2D eigenvalue weighted by atomic mass is 9.99. The van der Waals surface area contributed by atoms with Crippen LogP contribution in [0.15, 0.2) is 0 Å². The summed E-state index contributed by atoms with van der Waals surface area (Å²) in [5.41, 5.74) is 0. The Morgan fingerprint density at radius 1 is 1.36 bits per heavy atom. The van der Waals surface area contributed by atoms with Gasteiger partial charge in [-0.15, -0.1) is 0 Å². The zero-order chi connectivity index (χ0) is 10.6. The summed E-state index contributed by atoms with van der Waals surface area (Å²) in [7, 11) is 0. The van der Waals surface area contributed by atoms with Gasteiger partial charge in [-0.2, -0.15) is 0 Å². The lowest BCUT2D eigenvalue weighted by molar-refractivity contribution is -0.137. The van der Waals surface area contributed by atoms with Crippen molar-refractivity contribution in [2.45, 2.75) is 52.0 Å². The van der Waals surface area contributed by atoms with Gasteiger partial charge < -0.3 is 4.90 Å². The number of rotatable bonds is 3. The fourth-order valence-electron chi connectivity index (χ4n) is 2.07. The Kier molecular flexibility index (Phi) is 4.11. The summed E-state index contributed by atoms with van der Waals surface area (Å²) in [6.07, 6.45) is 4.47. The third-order valence-corrected chi connectivity index (χ3v) is 2.82. The Hall–Kier alpha value is -0.860. The molecule has 1 rings (SSSR count). The van der Waals surface area contributed by atoms with E-state index < -0.39 is 0 Å². The van der Waals surface area contributed by atoms with Crippen LogP contribution in [-0.2, 0) is 9.59 Å². The summed E-state index contributed by atoms with van der Waals surface area (Å²) in [4.78, 5) is 24.4. The second kappa shape index (κ2) is 5.13. The SMILES string of the molecule is CC[C@H]1CCCCN1C(=O)CC(C)=O. The Balaban J connectivity index is 2.54. The van der Waals surface area contributed by atoms with Gasteiger partial charge in [0.05, 0.1) is 6.42 Å². The summed E-state index contributed by atoms with van der Waals surface area (Å²) < 4.78 is 0. The molecule has 0 unspecified atom stereocenters. The highest BCUT2D eigenvalue weighted by molar-refractivity contribution is 5.96. The summed E-state index contributed by atoms with van der Waals surface area (Å²) in [6, 6.07) is 0.371. The molecule has 0 N–H and O–H groups in total. The second-order valence-corrected chi connectivity index (χ2v) is 4.02. The molecule has 0 aliphatic carbocycles. The van der Waals surface area contributed by atoms with Crippen molar-refractivity contribution in [1.82, 2.24) is 4.90 Å². The number of likely N-dealkylation sites (tertiary alicyclic amines) is 1. The Bertz CT molecular complexity index is 225. The minimum absolute atomic E-state index is 0.0176. The lowest BCUT2D eigenvalue weighted by Crippen LogP contribution is -2.43. The van der Waals surface area contributed by atoms with Crippen molar-refractivity contribution in [3.8, 4) is 0 Å². The minimum atomic E-state index is -0.0320. The van der Waals surface area contributed by atoms with Gasteiger partial charge in [-0.1, -0.05) is 6.92 Å². The molecule has 0 aromatic heterocycles. The largest absolute Gasteiger partial charge is 0.339 e. The first-order valence-corrected chi connectivity index (χ1v) is 5.44. The first-order valence-electron chi connectivity index (χ1n) is 5.44. The topological polar surface area (TPSA) is 37.4 Å². The highest BCUT2D eigenvalue weighted by Gasteiger charge is 2.25. The molecule has 0 aromatic carbocycles. The van der Waals surface area contributed by atoms with Gasteiger partial charge in [0, 0.05) is 12.6 Å². The van der Waals surface area contributed by atoms with Crippen molar-refractivity contribution < 1.29 is 9.59 Å². The van der Waals surface area contributed by atoms with Crippen molar-refractivity contribution in [2.75, 3.05) is 6.54 Å². The van der Waals surface area contributed by atoms with E-state index in [1.807, 2.05) is 4.90 Å². The van der Waals surface area contributed by atoms with Gasteiger partial charge in [0.1, 0.15) is 5.78 Å². The molecule has 1 saturated heterocycles. The van der Waals surface area contributed by atoms with Crippen molar-refractivity contribution in [3.05, 3.63) is 0 Å². The van der Waals surface area contributed by atoms with Gasteiger partial charge in [0.2, 0.25) is 5.91 Å². The molecular weight excluding hydrogens is 178 g/mol. The molecule has 3 nitrogen and oxygen atoms in total. The van der Waals surface area contributed by atoms with Crippen LogP contribution in [0.4, 0.5) is 0 Å². The molecule has 14 heavy (non-hydrogen) atoms. The zero-order valence-corrected chi connectivity index (χ0v) is 9.08. The molecular formula is C11H19NO2. The van der Waals surface area contributed by atoms with Crippen molar-refractivity contribution in [2.24, 2.45) is 0 Å². The highest BCUT2D eigenvalue weighted by Crippen LogP contribution is 2.20. The average Bonchev–Trinajstić information content (AvgIpc) is 2.16. The van der Waals surface area contributed by atoms with Crippen LogP contribution in [0.1, 0.15) is 46.0 Å². The predicted octanol–water partition coefficient (Wildman–Crippen LogP) is 1.76. The molecule has 0 spiro atoms. The average molecular weight is 197 g/mol. The fourth-order valence-corrected chi connectivity index (χ4v) is 2.07. The molecule has 3 heteroatoms. The van der Waals surface area contributed by atoms with Gasteiger partial charge >= 0.3 is 0 Å². The van der Waals surface area contributed by atoms with Crippen LogP contribution >= 0.6 is 0 Å². The molecule has 80 valence electrons. The zero-order valence-electron chi connectivity index (χ0n) is 9.08. The van der Waals surface area contributed by atoms with Gasteiger partial charge in [0.25, 0.3) is 0 Å². The number of hydrogen-bond acceptors (Lipinski definition) is 2. The molecule has 0 saturated carbocycles. The molecule has 0 aromatic rings. The summed E-state index contributed by atoms with van der Waals surface area (Å²) in [5.74, 6) is -0.0144. The Morgan fingerprint density at radius 3 is 2.64 bits per heavy atom. The van der Waals surface area contributed by atoms with Crippen molar-refractivity contribution >= 4 is 11.7 Å². The molecule has 1 fully saturated rings. The van der Waals surface area contributed by atoms with E-state index in [2.05, 4.69) is 6.92 Å². The number of hydrogen-bond donors (Lipinski definition) is 0. The van der Waals surface area contributed by atoms with E-state index >= 15 is 0 Å². The van der Waals surface area contributed by atoms with Crippen LogP contribution in [0.5, 0.6) is 0 Å². The number of amides is 1. The summed E-state index contributed by atoms with van der Waals surface area (Å²) >= 11 is 0. The summed E-state index contributed by atoms with van der Waals surface area (Å²) in [6.45, 7) is 4.41. The number of nitrogens with zero attached hydrogens (tertiary/aromatic N) is 1. The van der Waals surface area contributed by atoms with E-state index in [4.69, 9.17) is 0 Å². The highest BCUT2D eigenvalue weighted by atomic mass is 16.2. The maximum atomic E-state index is 11.7. The van der Waals surface area contributed by atoms with E-state index in [9.17, 15) is 9.59 Å². The molecule has 0 bridgehead atoms. The van der Waals surface area contributed by atoms with Crippen LogP contribution < -0.4 is 0 Å². The number of ketones is 1. The number of Topliss-reactive ketones (excluding diaryl/α,β-unsaturated/α-hetero) is 1. The second-order valence-electron chi connectivity index (χ2n) is 4.02. The molecule has 1 atom stereocenters. The van der Waals surface area contributed by atoms with Crippen LogP contribution in [0.3, 0.4) is 0 Å². The molecule has 0 radical (unpaired) electrons. The lowest BCUT2D eigenvalue weighted by Gasteiger charge is -2.35. The third-order valence-electron chi connectivity index (χ3n) is 2.82. The first-order chi connectivity index (χ1) is 6.65. The van der Waals surface area contributed by atoms with Crippen LogP contribution in [0, 0.1) is 0 Å². The number of piperidine rings is 1. The Labute approximate surface area is 85.5 Å². The monoisotopic (exact) mass is 197 g/mol. The summed E-state index contributed by atoms with van der Waals surface area (Å²) in [5, 5.41) is 0. The standard InChI is InChI=1S/C11H19NO2/c1-3-10-6-4-5-7-12(10)11(14)8-9(2)13/h10H,3-8H2,1-2H3/t10-/m0/s1. The van der Waals surface area contributed by atoms with E-state index in [-0.39, 0.29) is 18.1 Å². The molecule has 1 aliphatic heterocycles. The first kappa shape index (κ1) is 11.2. The van der Waals surface area contributed by atoms with E-state index in [0.29, 0.717) is 6.04 Å². The smallest absolute Gasteiger partial charge is 0.230 e. The number of carbonyl (C=O) groups is 2. The van der Waals surface area contributed by atoms with Crippen LogP contribution in [0.25, 0.3) is 0 Å². The third kappa shape index (κ3) is 2.82. The van der Waals surface area contributed by atoms with E-state index in [1.165, 1.54) is 13.3 Å². The van der Waals surface area contributed by atoms with E-state index in [1.54, 1.807) is 0 Å². The molecule has 1 amide bonds. The van der Waals surface area contributed by atoms with Crippen LogP contribution in [0.2, 0.25) is 0 Å². The maximum absolute atomic E-state index is 11.7. The van der Waals surface area contributed by atoms with Gasteiger partial charge in [0.15, 0.2) is 0 Å². The molecule has 1 heterocycles.